The Balaban J connectivity index is 3.20. The molecule has 0 amide bonds. The molecule has 0 aliphatic carbocycles. The summed E-state index contributed by atoms with van der Waals surface area (Å²) in [6.07, 6.45) is 1.57. The fourth-order valence-corrected chi connectivity index (χ4v) is 2.26. The molecule has 0 saturated heterocycles. The van der Waals surface area contributed by atoms with E-state index < -0.39 is 11.6 Å². The zero-order chi connectivity index (χ0) is 17.7. The van der Waals surface area contributed by atoms with Gasteiger partial charge in [0.05, 0.1) is 7.11 Å². The molecule has 126 valence electrons. The fraction of sp³-hybridized carbons (Fsp3) is 0.333. The molecule has 0 atom stereocenters. The van der Waals surface area contributed by atoms with Gasteiger partial charge < -0.3 is 10.1 Å². The Morgan fingerprint density at radius 2 is 1.91 bits per heavy atom. The summed E-state index contributed by atoms with van der Waals surface area (Å²) in [7, 11) is 1.34. The second-order valence-electron chi connectivity index (χ2n) is 5.42. The first-order valence-electron chi connectivity index (χ1n) is 7.16. The summed E-state index contributed by atoms with van der Waals surface area (Å²) in [5, 5.41) is 3.28. The lowest BCUT2D eigenvalue weighted by Crippen LogP contribution is -2.10. The second kappa shape index (κ2) is 8.16. The number of aryl methyl sites for hydroxylation is 1. The molecule has 1 aromatic carbocycles. The molecule has 0 fully saturated rings. The van der Waals surface area contributed by atoms with Gasteiger partial charge in [0.25, 0.3) is 0 Å². The quantitative estimate of drug-likeness (QED) is 0.667. The van der Waals surface area contributed by atoms with E-state index in [4.69, 9.17) is 16.3 Å². The predicted molar refractivity (Wildman–Crippen MR) is 93.3 cm³/mol. The van der Waals surface area contributed by atoms with Crippen LogP contribution in [0.2, 0.25) is 0 Å². The van der Waals surface area contributed by atoms with Crippen LogP contribution in [0.4, 0.5) is 14.5 Å². The van der Waals surface area contributed by atoms with Crippen LogP contribution < -0.4 is 10.1 Å². The van der Waals surface area contributed by atoms with Gasteiger partial charge in [-0.3, -0.25) is 0 Å². The third-order valence-electron chi connectivity index (χ3n) is 3.63. The lowest BCUT2D eigenvalue weighted by molar-refractivity contribution is 0.384. The van der Waals surface area contributed by atoms with Gasteiger partial charge >= 0.3 is 0 Å². The van der Waals surface area contributed by atoms with E-state index in [9.17, 15) is 8.78 Å². The Hall–Kier alpha value is -1.81. The number of nitrogens with one attached hydrogen (secondary N) is 1. The first kappa shape index (κ1) is 19.2. The van der Waals surface area contributed by atoms with Crippen LogP contribution in [0, 0.1) is 18.6 Å². The molecule has 0 radical (unpaired) electrons. The van der Waals surface area contributed by atoms with E-state index in [1.807, 2.05) is 20.8 Å². The molecule has 2 nitrogen and oxygen atoms in total. The number of rotatable bonds is 6. The third-order valence-corrected chi connectivity index (χ3v) is 4.16. The van der Waals surface area contributed by atoms with E-state index in [1.165, 1.54) is 13.2 Å². The molecule has 5 heteroatoms. The number of allylic oxidation sites excluding steroid dienone is 3. The minimum absolute atomic E-state index is 0.0119. The number of hydrogen-bond donors (Lipinski definition) is 1. The molecule has 0 aliphatic rings. The SMILES string of the molecule is C=C/C(CNc1c(F)c(C)cc(OC)c1F)=C(/Cl)C(C)=C(C)C. The van der Waals surface area contributed by atoms with E-state index in [-0.39, 0.29) is 18.0 Å². The predicted octanol–water partition coefficient (Wildman–Crippen LogP) is 5.73. The standard InChI is InChI=1S/C18H22ClF2NO/c1-7-13(15(19)12(5)10(2)3)9-22-18-16(20)11(4)8-14(23-6)17(18)21/h7-8,22H,1,9H2,2-6H3/b15-13-. The molecule has 1 N–H and O–H groups in total. The van der Waals surface area contributed by atoms with Crippen molar-refractivity contribution in [1.82, 2.24) is 0 Å². The van der Waals surface area contributed by atoms with Crippen LogP contribution >= 0.6 is 11.6 Å². The highest BCUT2D eigenvalue weighted by atomic mass is 35.5. The zero-order valence-corrected chi connectivity index (χ0v) is 14.9. The van der Waals surface area contributed by atoms with Crippen molar-refractivity contribution in [3.63, 3.8) is 0 Å². The van der Waals surface area contributed by atoms with E-state index in [2.05, 4.69) is 11.9 Å². The highest BCUT2D eigenvalue weighted by molar-refractivity contribution is 6.32. The highest BCUT2D eigenvalue weighted by Crippen LogP contribution is 2.31. The van der Waals surface area contributed by atoms with Crippen LogP contribution in [0.1, 0.15) is 26.3 Å². The number of benzene rings is 1. The third kappa shape index (κ3) is 4.35. The lowest BCUT2D eigenvalue weighted by Gasteiger charge is -2.15. The first-order valence-corrected chi connectivity index (χ1v) is 7.54. The smallest absolute Gasteiger partial charge is 0.191 e. The summed E-state index contributed by atoms with van der Waals surface area (Å²) >= 11 is 6.33. The Morgan fingerprint density at radius 1 is 1.30 bits per heavy atom. The van der Waals surface area contributed by atoms with Gasteiger partial charge in [-0.2, -0.15) is 0 Å². The van der Waals surface area contributed by atoms with Crippen molar-refractivity contribution in [2.24, 2.45) is 0 Å². The summed E-state index contributed by atoms with van der Waals surface area (Å²) in [5.41, 5.74) is 2.68. The summed E-state index contributed by atoms with van der Waals surface area (Å²) in [5.74, 6) is -1.43. The number of ether oxygens (including phenoxy) is 1. The Morgan fingerprint density at radius 3 is 2.39 bits per heavy atom. The molecule has 1 aromatic rings. The van der Waals surface area contributed by atoms with Gasteiger partial charge in [-0.15, -0.1) is 0 Å². The van der Waals surface area contributed by atoms with Gasteiger partial charge in [0.2, 0.25) is 0 Å². The molecule has 0 spiro atoms. The van der Waals surface area contributed by atoms with E-state index in [1.54, 1.807) is 13.0 Å². The molecule has 0 bridgehead atoms. The van der Waals surface area contributed by atoms with E-state index >= 15 is 0 Å². The van der Waals surface area contributed by atoms with E-state index in [0.29, 0.717) is 16.2 Å². The van der Waals surface area contributed by atoms with Crippen molar-refractivity contribution >= 4 is 17.3 Å². The van der Waals surface area contributed by atoms with Gasteiger partial charge in [-0.1, -0.05) is 29.8 Å². The van der Waals surface area contributed by atoms with Gasteiger partial charge in [0.15, 0.2) is 17.4 Å². The second-order valence-corrected chi connectivity index (χ2v) is 5.80. The monoisotopic (exact) mass is 341 g/mol. The van der Waals surface area contributed by atoms with Crippen LogP contribution in [0.25, 0.3) is 0 Å². The lowest BCUT2D eigenvalue weighted by atomic mass is 10.1. The van der Waals surface area contributed by atoms with Crippen LogP contribution in [-0.4, -0.2) is 13.7 Å². The molecular formula is C18H22ClF2NO. The molecule has 0 unspecified atom stereocenters. The molecule has 0 aliphatic heterocycles. The average Bonchev–Trinajstić information content (AvgIpc) is 2.52. The summed E-state index contributed by atoms with van der Waals surface area (Å²) in [4.78, 5) is 0. The van der Waals surface area contributed by atoms with Gasteiger partial charge in [0.1, 0.15) is 5.69 Å². The average molecular weight is 342 g/mol. The minimum atomic E-state index is -0.769. The van der Waals surface area contributed by atoms with E-state index in [0.717, 1.165) is 11.1 Å². The van der Waals surface area contributed by atoms with Crippen LogP contribution in [0.15, 0.2) is 40.5 Å². The van der Waals surface area contributed by atoms with Gasteiger partial charge in [-0.25, -0.2) is 8.78 Å². The maximum absolute atomic E-state index is 14.2. The molecule has 1 rings (SSSR count). The van der Waals surface area contributed by atoms with Gasteiger partial charge in [0, 0.05) is 11.6 Å². The van der Waals surface area contributed by atoms with Crippen LogP contribution in [0.5, 0.6) is 5.75 Å². The molecule has 0 saturated carbocycles. The minimum Gasteiger partial charge on any atom is -0.494 e. The summed E-state index contributed by atoms with van der Waals surface area (Å²) in [6.45, 7) is 11.2. The fourth-order valence-electron chi connectivity index (χ4n) is 1.93. The van der Waals surface area contributed by atoms with Crippen molar-refractivity contribution < 1.29 is 13.5 Å². The number of methoxy groups -OCH3 is 1. The normalized spacial score (nSPS) is 11.7. The first-order chi connectivity index (χ1) is 10.7. The molecule has 23 heavy (non-hydrogen) atoms. The van der Waals surface area contributed by atoms with Crippen molar-refractivity contribution in [3.05, 3.63) is 57.7 Å². The molecular weight excluding hydrogens is 320 g/mol. The Bertz CT molecular complexity index is 674. The maximum atomic E-state index is 14.2. The molecule has 0 heterocycles. The van der Waals surface area contributed by atoms with Crippen LogP contribution in [-0.2, 0) is 0 Å². The molecule has 0 aromatic heterocycles. The van der Waals surface area contributed by atoms with Crippen molar-refractivity contribution in [1.29, 1.82) is 0 Å². The maximum Gasteiger partial charge on any atom is 0.191 e. The number of anilines is 1. The van der Waals surface area contributed by atoms with Crippen molar-refractivity contribution in [2.75, 3.05) is 19.0 Å². The Kier molecular flexibility index (Phi) is 6.82. The number of hydrogen-bond acceptors (Lipinski definition) is 2. The summed E-state index contributed by atoms with van der Waals surface area (Å²) in [6, 6.07) is 1.32. The highest BCUT2D eigenvalue weighted by Gasteiger charge is 2.17. The van der Waals surface area contributed by atoms with Crippen molar-refractivity contribution in [3.8, 4) is 5.75 Å². The topological polar surface area (TPSA) is 21.3 Å². The van der Waals surface area contributed by atoms with Crippen molar-refractivity contribution in [2.45, 2.75) is 27.7 Å². The zero-order valence-electron chi connectivity index (χ0n) is 14.1. The number of halogens is 3. The van der Waals surface area contributed by atoms with Gasteiger partial charge in [-0.05, 0) is 50.5 Å². The summed E-state index contributed by atoms with van der Waals surface area (Å²) < 4.78 is 33.3. The van der Waals surface area contributed by atoms with Crippen LogP contribution in [0.3, 0.4) is 0 Å². The largest absolute Gasteiger partial charge is 0.494 e. The Labute approximate surface area is 141 Å².